The molecule has 1 fully saturated rings. The van der Waals surface area contributed by atoms with Gasteiger partial charge in [0.05, 0.1) is 16.9 Å². The SMILES string of the molecule is CCCn1nncc1-c1ccc(CNC2CC2)cc1Cl. The molecule has 0 saturated heterocycles. The summed E-state index contributed by atoms with van der Waals surface area (Å²) in [4.78, 5) is 0. The van der Waals surface area contributed by atoms with E-state index in [1.165, 1.54) is 18.4 Å². The van der Waals surface area contributed by atoms with Crippen LogP contribution < -0.4 is 5.32 Å². The van der Waals surface area contributed by atoms with Gasteiger partial charge in [-0.1, -0.05) is 35.9 Å². The second-order valence-corrected chi connectivity index (χ2v) is 5.72. The van der Waals surface area contributed by atoms with E-state index in [-0.39, 0.29) is 0 Å². The van der Waals surface area contributed by atoms with E-state index in [4.69, 9.17) is 11.6 Å². The molecule has 20 heavy (non-hydrogen) atoms. The number of aromatic nitrogens is 3. The van der Waals surface area contributed by atoms with Crippen LogP contribution in [-0.2, 0) is 13.1 Å². The van der Waals surface area contributed by atoms with Crippen LogP contribution in [0, 0.1) is 0 Å². The summed E-state index contributed by atoms with van der Waals surface area (Å²) in [5, 5.41) is 12.4. The molecule has 1 aliphatic carbocycles. The van der Waals surface area contributed by atoms with Crippen molar-refractivity contribution >= 4 is 11.6 Å². The average molecular weight is 291 g/mol. The molecule has 1 heterocycles. The zero-order valence-corrected chi connectivity index (χ0v) is 12.4. The van der Waals surface area contributed by atoms with E-state index in [0.29, 0.717) is 6.04 Å². The van der Waals surface area contributed by atoms with Crippen molar-refractivity contribution in [2.24, 2.45) is 0 Å². The number of aryl methyl sites for hydroxylation is 1. The highest BCUT2D eigenvalue weighted by Crippen LogP contribution is 2.28. The lowest BCUT2D eigenvalue weighted by Crippen LogP contribution is -2.15. The maximum atomic E-state index is 6.43. The van der Waals surface area contributed by atoms with E-state index in [1.807, 2.05) is 10.7 Å². The average Bonchev–Trinajstić information content (AvgIpc) is 3.17. The van der Waals surface area contributed by atoms with Gasteiger partial charge in [-0.2, -0.15) is 0 Å². The Morgan fingerprint density at radius 3 is 2.95 bits per heavy atom. The number of nitrogens with one attached hydrogen (secondary N) is 1. The summed E-state index contributed by atoms with van der Waals surface area (Å²) >= 11 is 6.43. The Kier molecular flexibility index (Phi) is 4.03. The van der Waals surface area contributed by atoms with Gasteiger partial charge in [0.15, 0.2) is 0 Å². The van der Waals surface area contributed by atoms with Gasteiger partial charge in [0.25, 0.3) is 0 Å². The normalized spacial score (nSPS) is 14.7. The largest absolute Gasteiger partial charge is 0.310 e. The Morgan fingerprint density at radius 2 is 2.25 bits per heavy atom. The van der Waals surface area contributed by atoms with Crippen molar-refractivity contribution in [1.82, 2.24) is 20.3 Å². The summed E-state index contributed by atoms with van der Waals surface area (Å²) in [5.74, 6) is 0. The van der Waals surface area contributed by atoms with Crippen LogP contribution in [0.15, 0.2) is 24.4 Å². The van der Waals surface area contributed by atoms with Crippen LogP contribution in [0.5, 0.6) is 0 Å². The maximum Gasteiger partial charge on any atom is 0.0900 e. The number of rotatable bonds is 6. The van der Waals surface area contributed by atoms with Gasteiger partial charge in [0.2, 0.25) is 0 Å². The molecule has 0 aliphatic heterocycles. The minimum atomic E-state index is 0.712. The summed E-state index contributed by atoms with van der Waals surface area (Å²) in [5.41, 5.74) is 3.21. The zero-order valence-electron chi connectivity index (χ0n) is 11.6. The predicted octanol–water partition coefficient (Wildman–Crippen LogP) is 3.26. The van der Waals surface area contributed by atoms with E-state index in [0.717, 1.165) is 35.8 Å². The quantitative estimate of drug-likeness (QED) is 0.888. The molecule has 0 atom stereocenters. The number of hydrogen-bond acceptors (Lipinski definition) is 3. The molecule has 3 rings (SSSR count). The van der Waals surface area contributed by atoms with Crippen LogP contribution >= 0.6 is 11.6 Å². The maximum absolute atomic E-state index is 6.43. The monoisotopic (exact) mass is 290 g/mol. The van der Waals surface area contributed by atoms with E-state index >= 15 is 0 Å². The Morgan fingerprint density at radius 1 is 1.40 bits per heavy atom. The Labute approximate surface area is 124 Å². The molecular formula is C15H19ClN4. The summed E-state index contributed by atoms with van der Waals surface area (Å²) in [6.07, 6.45) is 5.40. The topological polar surface area (TPSA) is 42.7 Å². The molecule has 1 aromatic heterocycles. The van der Waals surface area contributed by atoms with Crippen LogP contribution in [0.4, 0.5) is 0 Å². The number of hydrogen-bond donors (Lipinski definition) is 1. The van der Waals surface area contributed by atoms with Crippen molar-refractivity contribution in [3.8, 4) is 11.3 Å². The van der Waals surface area contributed by atoms with Crippen LogP contribution in [0.3, 0.4) is 0 Å². The van der Waals surface area contributed by atoms with Gasteiger partial charge < -0.3 is 5.32 Å². The summed E-state index contributed by atoms with van der Waals surface area (Å²) < 4.78 is 1.91. The highest BCUT2D eigenvalue weighted by atomic mass is 35.5. The zero-order chi connectivity index (χ0) is 13.9. The molecule has 5 heteroatoms. The van der Waals surface area contributed by atoms with Crippen LogP contribution in [0.2, 0.25) is 5.02 Å². The molecule has 0 radical (unpaired) electrons. The Balaban J connectivity index is 1.80. The highest BCUT2D eigenvalue weighted by molar-refractivity contribution is 6.33. The molecule has 106 valence electrons. The van der Waals surface area contributed by atoms with Gasteiger partial charge in [-0.3, -0.25) is 0 Å². The minimum absolute atomic E-state index is 0.712. The summed E-state index contributed by atoms with van der Waals surface area (Å²) in [6, 6.07) is 6.94. The van der Waals surface area contributed by atoms with Crippen LogP contribution in [0.1, 0.15) is 31.7 Å². The fraction of sp³-hybridized carbons (Fsp3) is 0.467. The Hall–Kier alpha value is -1.39. The second-order valence-electron chi connectivity index (χ2n) is 5.31. The van der Waals surface area contributed by atoms with E-state index in [2.05, 4.69) is 34.7 Å². The van der Waals surface area contributed by atoms with E-state index in [9.17, 15) is 0 Å². The lowest BCUT2D eigenvalue weighted by Gasteiger charge is -2.09. The molecule has 1 aliphatic rings. The van der Waals surface area contributed by atoms with Gasteiger partial charge >= 0.3 is 0 Å². The van der Waals surface area contributed by atoms with Crippen molar-refractivity contribution in [1.29, 1.82) is 0 Å². The molecular weight excluding hydrogens is 272 g/mol. The van der Waals surface area contributed by atoms with Crippen molar-refractivity contribution in [2.75, 3.05) is 0 Å². The van der Waals surface area contributed by atoms with Crippen molar-refractivity contribution in [3.05, 3.63) is 35.0 Å². The third kappa shape index (κ3) is 3.02. The van der Waals surface area contributed by atoms with Crippen LogP contribution in [0.25, 0.3) is 11.3 Å². The third-order valence-electron chi connectivity index (χ3n) is 3.53. The van der Waals surface area contributed by atoms with E-state index in [1.54, 1.807) is 6.20 Å². The molecule has 0 spiro atoms. The number of nitrogens with zero attached hydrogens (tertiary/aromatic N) is 3. The van der Waals surface area contributed by atoms with Crippen molar-refractivity contribution < 1.29 is 0 Å². The summed E-state index contributed by atoms with van der Waals surface area (Å²) in [6.45, 7) is 3.87. The first kappa shape index (κ1) is 13.6. The summed E-state index contributed by atoms with van der Waals surface area (Å²) in [7, 11) is 0. The number of benzene rings is 1. The van der Waals surface area contributed by atoms with Gasteiger partial charge in [0.1, 0.15) is 0 Å². The third-order valence-corrected chi connectivity index (χ3v) is 3.85. The van der Waals surface area contributed by atoms with Gasteiger partial charge in [0, 0.05) is 24.7 Å². The number of halogens is 1. The van der Waals surface area contributed by atoms with Gasteiger partial charge in [-0.25, -0.2) is 4.68 Å². The predicted molar refractivity (Wildman–Crippen MR) is 80.6 cm³/mol. The lowest BCUT2D eigenvalue weighted by atomic mass is 10.1. The lowest BCUT2D eigenvalue weighted by molar-refractivity contribution is 0.584. The van der Waals surface area contributed by atoms with Crippen LogP contribution in [-0.4, -0.2) is 21.0 Å². The van der Waals surface area contributed by atoms with Gasteiger partial charge in [-0.05, 0) is 30.9 Å². The highest BCUT2D eigenvalue weighted by Gasteiger charge is 2.20. The molecule has 2 aromatic rings. The smallest absolute Gasteiger partial charge is 0.0900 e. The minimum Gasteiger partial charge on any atom is -0.310 e. The molecule has 0 bridgehead atoms. The molecule has 1 N–H and O–H groups in total. The second kappa shape index (κ2) is 5.94. The first-order valence-corrected chi connectivity index (χ1v) is 7.56. The standard InChI is InChI=1S/C15H19ClN4/c1-2-7-20-15(10-18-19-20)13-6-3-11(8-14(13)16)9-17-12-4-5-12/h3,6,8,10,12,17H,2,4-5,7,9H2,1H3. The molecule has 4 nitrogen and oxygen atoms in total. The fourth-order valence-corrected chi connectivity index (χ4v) is 2.57. The Bertz CT molecular complexity index is 589. The molecule has 0 amide bonds. The van der Waals surface area contributed by atoms with Crippen molar-refractivity contribution in [3.63, 3.8) is 0 Å². The molecule has 1 saturated carbocycles. The van der Waals surface area contributed by atoms with Gasteiger partial charge in [-0.15, -0.1) is 5.10 Å². The molecule has 1 aromatic carbocycles. The van der Waals surface area contributed by atoms with Crippen molar-refractivity contribution in [2.45, 2.75) is 45.3 Å². The van der Waals surface area contributed by atoms with E-state index < -0.39 is 0 Å². The molecule has 0 unspecified atom stereocenters. The fourth-order valence-electron chi connectivity index (χ4n) is 2.27. The first-order valence-electron chi connectivity index (χ1n) is 7.18. The first-order chi connectivity index (χ1) is 9.78.